The SMILES string of the molecule is CC[C@]12C[C@](O)(C(F)(F)F)CC(=O)N1C[C@@H](C)N2. The third-order valence-electron chi connectivity index (χ3n) is 3.93. The highest BCUT2D eigenvalue weighted by Crippen LogP contribution is 2.46. The van der Waals surface area contributed by atoms with Crippen molar-refractivity contribution in [2.24, 2.45) is 0 Å². The van der Waals surface area contributed by atoms with E-state index >= 15 is 0 Å². The molecule has 2 rings (SSSR count). The fraction of sp³-hybridized carbons (Fsp3) is 0.909. The summed E-state index contributed by atoms with van der Waals surface area (Å²) in [5.41, 5.74) is -3.99. The topological polar surface area (TPSA) is 52.6 Å². The first-order valence-electron chi connectivity index (χ1n) is 6.01. The van der Waals surface area contributed by atoms with Crippen LogP contribution in [0.4, 0.5) is 13.2 Å². The molecule has 2 N–H and O–H groups in total. The minimum absolute atomic E-state index is 0.0653. The van der Waals surface area contributed by atoms with Crippen LogP contribution in [-0.4, -0.2) is 45.9 Å². The van der Waals surface area contributed by atoms with Gasteiger partial charge in [0.25, 0.3) is 0 Å². The normalized spacial score (nSPS) is 41.1. The van der Waals surface area contributed by atoms with Crippen LogP contribution in [0.1, 0.15) is 33.1 Å². The molecule has 2 aliphatic heterocycles. The van der Waals surface area contributed by atoms with Crippen LogP contribution in [0.25, 0.3) is 0 Å². The number of alkyl halides is 3. The maximum absolute atomic E-state index is 12.9. The number of rotatable bonds is 1. The van der Waals surface area contributed by atoms with Crippen molar-refractivity contribution in [3.63, 3.8) is 0 Å². The summed E-state index contributed by atoms with van der Waals surface area (Å²) in [5.74, 6) is -0.639. The van der Waals surface area contributed by atoms with Crippen LogP contribution in [-0.2, 0) is 4.79 Å². The van der Waals surface area contributed by atoms with Gasteiger partial charge in [-0.05, 0) is 13.3 Å². The van der Waals surface area contributed by atoms with Gasteiger partial charge < -0.3 is 10.0 Å². The molecule has 2 heterocycles. The Kier molecular flexibility index (Phi) is 2.90. The summed E-state index contributed by atoms with van der Waals surface area (Å²) in [7, 11) is 0. The van der Waals surface area contributed by atoms with Gasteiger partial charge in [-0.3, -0.25) is 10.1 Å². The first kappa shape index (κ1) is 13.6. The van der Waals surface area contributed by atoms with E-state index in [2.05, 4.69) is 5.32 Å². The van der Waals surface area contributed by atoms with Crippen molar-refractivity contribution >= 4 is 5.91 Å². The predicted octanol–water partition coefficient (Wildman–Crippen LogP) is 1.00. The third-order valence-corrected chi connectivity index (χ3v) is 3.93. The molecule has 0 aromatic heterocycles. The van der Waals surface area contributed by atoms with Crippen LogP contribution in [0.3, 0.4) is 0 Å². The largest absolute Gasteiger partial charge is 0.417 e. The highest BCUT2D eigenvalue weighted by molar-refractivity contribution is 5.80. The van der Waals surface area contributed by atoms with E-state index in [1.807, 2.05) is 6.92 Å². The van der Waals surface area contributed by atoms with Gasteiger partial charge in [-0.2, -0.15) is 13.2 Å². The number of nitrogens with zero attached hydrogens (tertiary/aromatic N) is 1. The number of halogens is 3. The van der Waals surface area contributed by atoms with E-state index in [9.17, 15) is 23.1 Å². The number of carbonyl (C=O) groups excluding carboxylic acids is 1. The zero-order chi connectivity index (χ0) is 13.8. The highest BCUT2D eigenvalue weighted by Gasteiger charge is 2.64. The third kappa shape index (κ3) is 1.80. The molecular formula is C11H17F3N2O2. The summed E-state index contributed by atoms with van der Waals surface area (Å²) in [5, 5.41) is 12.8. The Labute approximate surface area is 103 Å². The monoisotopic (exact) mass is 266 g/mol. The van der Waals surface area contributed by atoms with Crippen LogP contribution in [0.15, 0.2) is 0 Å². The summed E-state index contributed by atoms with van der Waals surface area (Å²) in [6.07, 6.45) is -5.84. The van der Waals surface area contributed by atoms with Crippen molar-refractivity contribution in [3.05, 3.63) is 0 Å². The molecule has 2 saturated heterocycles. The van der Waals surface area contributed by atoms with E-state index in [1.54, 1.807) is 6.92 Å². The molecule has 0 aromatic rings. The van der Waals surface area contributed by atoms with Gasteiger partial charge in [-0.15, -0.1) is 0 Å². The first-order valence-corrected chi connectivity index (χ1v) is 6.01. The molecule has 0 radical (unpaired) electrons. The fourth-order valence-electron chi connectivity index (χ4n) is 3.03. The van der Waals surface area contributed by atoms with Gasteiger partial charge in [0.1, 0.15) is 0 Å². The highest BCUT2D eigenvalue weighted by atomic mass is 19.4. The Morgan fingerprint density at radius 2 is 2.17 bits per heavy atom. The number of piperidine rings is 1. The van der Waals surface area contributed by atoms with Crippen LogP contribution in [0, 0.1) is 0 Å². The number of hydrogen-bond acceptors (Lipinski definition) is 3. The number of hydrogen-bond donors (Lipinski definition) is 2. The van der Waals surface area contributed by atoms with E-state index in [4.69, 9.17) is 0 Å². The molecule has 0 aromatic carbocycles. The Bertz CT molecular complexity index is 374. The maximum atomic E-state index is 12.9. The zero-order valence-electron chi connectivity index (χ0n) is 10.3. The second-order valence-corrected chi connectivity index (χ2v) is 5.32. The zero-order valence-corrected chi connectivity index (χ0v) is 10.3. The fourth-order valence-corrected chi connectivity index (χ4v) is 3.03. The van der Waals surface area contributed by atoms with E-state index < -0.39 is 36.2 Å². The standard InChI is InChI=1S/C11H17F3N2O2/c1-3-10-6-9(18,11(12,13)14)4-8(17)16(10)5-7(2)15-10/h7,15,18H,3-6H2,1-2H3/t7-,9+,10-/m1/s1. The van der Waals surface area contributed by atoms with Crippen molar-refractivity contribution in [2.45, 2.75) is 56.6 Å². The lowest BCUT2D eigenvalue weighted by atomic mass is 9.80. The average Bonchev–Trinajstić information content (AvgIpc) is 2.54. The first-order chi connectivity index (χ1) is 8.13. The summed E-state index contributed by atoms with van der Waals surface area (Å²) < 4.78 is 38.7. The van der Waals surface area contributed by atoms with Crippen LogP contribution < -0.4 is 5.32 Å². The Hall–Kier alpha value is -0.820. The van der Waals surface area contributed by atoms with Crippen molar-refractivity contribution in [1.82, 2.24) is 10.2 Å². The van der Waals surface area contributed by atoms with Crippen LogP contribution in [0.2, 0.25) is 0 Å². The quantitative estimate of drug-likeness (QED) is 0.744. The average molecular weight is 266 g/mol. The number of amides is 1. The maximum Gasteiger partial charge on any atom is 0.417 e. The van der Waals surface area contributed by atoms with E-state index in [-0.39, 0.29) is 6.04 Å². The van der Waals surface area contributed by atoms with Crippen molar-refractivity contribution in [1.29, 1.82) is 0 Å². The van der Waals surface area contributed by atoms with Crippen LogP contribution in [0.5, 0.6) is 0 Å². The molecule has 4 nitrogen and oxygen atoms in total. The molecule has 0 spiro atoms. The molecule has 0 bridgehead atoms. The summed E-state index contributed by atoms with van der Waals surface area (Å²) in [6, 6.07) is -0.0653. The molecule has 1 amide bonds. The van der Waals surface area contributed by atoms with Gasteiger partial charge in [-0.1, -0.05) is 6.92 Å². The summed E-state index contributed by atoms with van der Waals surface area (Å²) in [6.45, 7) is 3.92. The van der Waals surface area contributed by atoms with E-state index in [0.717, 1.165) is 0 Å². The van der Waals surface area contributed by atoms with Gasteiger partial charge in [-0.25, -0.2) is 0 Å². The molecule has 0 saturated carbocycles. The molecular weight excluding hydrogens is 249 g/mol. The molecule has 7 heteroatoms. The number of aliphatic hydroxyl groups is 1. The molecule has 2 aliphatic rings. The molecule has 18 heavy (non-hydrogen) atoms. The van der Waals surface area contributed by atoms with Gasteiger partial charge in [0.15, 0.2) is 5.60 Å². The number of fused-ring (bicyclic) bond motifs is 1. The molecule has 3 atom stereocenters. The van der Waals surface area contributed by atoms with Gasteiger partial charge >= 0.3 is 6.18 Å². The molecule has 2 fully saturated rings. The summed E-state index contributed by atoms with van der Waals surface area (Å²) >= 11 is 0. The second kappa shape index (κ2) is 3.84. The predicted molar refractivity (Wildman–Crippen MR) is 57.6 cm³/mol. The molecule has 0 unspecified atom stereocenters. The Balaban J connectivity index is 2.38. The second-order valence-electron chi connectivity index (χ2n) is 5.32. The van der Waals surface area contributed by atoms with Gasteiger partial charge in [0.05, 0.1) is 12.1 Å². The number of nitrogens with one attached hydrogen (secondary N) is 1. The lowest BCUT2D eigenvalue weighted by Gasteiger charge is -2.48. The Morgan fingerprint density at radius 3 is 2.67 bits per heavy atom. The van der Waals surface area contributed by atoms with Gasteiger partial charge in [0, 0.05) is 19.0 Å². The van der Waals surface area contributed by atoms with Crippen molar-refractivity contribution < 1.29 is 23.1 Å². The number of carbonyl (C=O) groups is 1. The van der Waals surface area contributed by atoms with Crippen LogP contribution >= 0.6 is 0 Å². The summed E-state index contributed by atoms with van der Waals surface area (Å²) in [4.78, 5) is 13.3. The van der Waals surface area contributed by atoms with Gasteiger partial charge in [0.2, 0.25) is 5.91 Å². The molecule has 104 valence electrons. The van der Waals surface area contributed by atoms with Crippen molar-refractivity contribution in [2.75, 3.05) is 6.54 Å². The molecule has 0 aliphatic carbocycles. The lowest BCUT2D eigenvalue weighted by Crippen LogP contribution is -2.66. The lowest BCUT2D eigenvalue weighted by molar-refractivity contribution is -0.280. The minimum atomic E-state index is -4.79. The smallest absolute Gasteiger partial charge is 0.380 e. The van der Waals surface area contributed by atoms with Crippen molar-refractivity contribution in [3.8, 4) is 0 Å². The van der Waals surface area contributed by atoms with E-state index in [1.165, 1.54) is 4.90 Å². The van der Waals surface area contributed by atoms with E-state index in [0.29, 0.717) is 13.0 Å². The minimum Gasteiger partial charge on any atom is -0.380 e. The Morgan fingerprint density at radius 1 is 1.56 bits per heavy atom.